The molecule has 0 spiro atoms. The van der Waals surface area contributed by atoms with Crippen LogP contribution in [0.5, 0.6) is 0 Å². The summed E-state index contributed by atoms with van der Waals surface area (Å²) in [5.41, 5.74) is 7.38. The number of aromatic nitrogens is 1. The Bertz CT molecular complexity index is 368. The predicted octanol–water partition coefficient (Wildman–Crippen LogP) is 1.79. The minimum atomic E-state index is 0.400. The maximum absolute atomic E-state index is 8.59. The Morgan fingerprint density at radius 2 is 2.31 bits per heavy atom. The van der Waals surface area contributed by atoms with Crippen molar-refractivity contribution in [1.29, 1.82) is 5.26 Å². The third kappa shape index (κ3) is 3.87. The van der Waals surface area contributed by atoms with Gasteiger partial charge in [-0.2, -0.15) is 5.26 Å². The molecule has 0 aliphatic rings. The van der Waals surface area contributed by atoms with Crippen LogP contribution in [-0.4, -0.2) is 22.5 Å². The van der Waals surface area contributed by atoms with Gasteiger partial charge in [-0.3, -0.25) is 9.88 Å². The summed E-state index contributed by atoms with van der Waals surface area (Å²) in [5.74, 6) is 0. The highest BCUT2D eigenvalue weighted by atomic mass is 15.1. The number of nitrogens with zero attached hydrogens (tertiary/aromatic N) is 3. The van der Waals surface area contributed by atoms with Crippen molar-refractivity contribution < 1.29 is 0 Å². The summed E-state index contributed by atoms with van der Waals surface area (Å²) in [6.07, 6.45) is 2.26. The molecule has 0 bridgehead atoms. The van der Waals surface area contributed by atoms with Crippen LogP contribution in [0.25, 0.3) is 0 Å². The highest BCUT2D eigenvalue weighted by Crippen LogP contribution is 2.09. The van der Waals surface area contributed by atoms with E-state index in [1.807, 2.05) is 6.07 Å². The number of nitriles is 1. The lowest BCUT2D eigenvalue weighted by atomic mass is 10.2. The van der Waals surface area contributed by atoms with Crippen molar-refractivity contribution in [2.24, 2.45) is 0 Å². The highest BCUT2D eigenvalue weighted by molar-refractivity contribution is 5.37. The molecule has 0 aliphatic carbocycles. The van der Waals surface area contributed by atoms with E-state index in [0.29, 0.717) is 12.5 Å². The standard InChI is InChI=1S/C12H18N4/c1-10(2)16(7-3-5-13)9-12-8-11(14)4-6-15-12/h4,6,8,10H,3,7,9H2,1-2H3,(H2,14,15). The van der Waals surface area contributed by atoms with Gasteiger partial charge in [-0.25, -0.2) is 0 Å². The summed E-state index contributed by atoms with van der Waals surface area (Å²) in [5, 5.41) is 8.59. The van der Waals surface area contributed by atoms with Crippen LogP contribution < -0.4 is 5.73 Å². The third-order valence-corrected chi connectivity index (χ3v) is 2.45. The van der Waals surface area contributed by atoms with E-state index in [-0.39, 0.29) is 0 Å². The molecule has 1 heterocycles. The molecule has 16 heavy (non-hydrogen) atoms. The number of rotatable bonds is 5. The van der Waals surface area contributed by atoms with E-state index < -0.39 is 0 Å². The normalized spacial score (nSPS) is 10.7. The summed E-state index contributed by atoms with van der Waals surface area (Å²) in [6.45, 7) is 5.74. The second-order valence-electron chi connectivity index (χ2n) is 4.05. The molecule has 4 nitrogen and oxygen atoms in total. The van der Waals surface area contributed by atoms with Gasteiger partial charge in [0.15, 0.2) is 0 Å². The number of hydrogen-bond acceptors (Lipinski definition) is 4. The average molecular weight is 218 g/mol. The number of nitrogens with two attached hydrogens (primary N) is 1. The first-order valence-corrected chi connectivity index (χ1v) is 5.45. The van der Waals surface area contributed by atoms with E-state index in [1.54, 1.807) is 12.3 Å². The van der Waals surface area contributed by atoms with Crippen molar-refractivity contribution in [1.82, 2.24) is 9.88 Å². The molecule has 0 aromatic carbocycles. The van der Waals surface area contributed by atoms with Gasteiger partial charge in [-0.1, -0.05) is 0 Å². The molecule has 86 valence electrons. The molecule has 0 saturated carbocycles. The summed E-state index contributed by atoms with van der Waals surface area (Å²) < 4.78 is 0. The van der Waals surface area contributed by atoms with E-state index >= 15 is 0 Å². The first-order chi connectivity index (χ1) is 7.63. The lowest BCUT2D eigenvalue weighted by molar-refractivity contribution is 0.215. The van der Waals surface area contributed by atoms with Gasteiger partial charge in [0.1, 0.15) is 0 Å². The van der Waals surface area contributed by atoms with E-state index in [0.717, 1.165) is 24.5 Å². The molecule has 0 saturated heterocycles. The molecule has 0 radical (unpaired) electrons. The minimum Gasteiger partial charge on any atom is -0.399 e. The van der Waals surface area contributed by atoms with Crippen molar-refractivity contribution in [2.75, 3.05) is 12.3 Å². The van der Waals surface area contributed by atoms with Crippen LogP contribution in [-0.2, 0) is 6.54 Å². The van der Waals surface area contributed by atoms with Crippen LogP contribution in [0.2, 0.25) is 0 Å². The van der Waals surface area contributed by atoms with Crippen molar-refractivity contribution in [3.8, 4) is 6.07 Å². The monoisotopic (exact) mass is 218 g/mol. The van der Waals surface area contributed by atoms with Gasteiger partial charge in [0, 0.05) is 37.4 Å². The first-order valence-electron chi connectivity index (χ1n) is 5.45. The Labute approximate surface area is 96.7 Å². The lowest BCUT2D eigenvalue weighted by Crippen LogP contribution is -2.31. The maximum atomic E-state index is 8.59. The number of hydrogen-bond donors (Lipinski definition) is 1. The highest BCUT2D eigenvalue weighted by Gasteiger charge is 2.10. The fourth-order valence-corrected chi connectivity index (χ4v) is 1.50. The largest absolute Gasteiger partial charge is 0.399 e. The molecule has 0 aliphatic heterocycles. The van der Waals surface area contributed by atoms with E-state index in [4.69, 9.17) is 11.0 Å². The van der Waals surface area contributed by atoms with Gasteiger partial charge in [0.2, 0.25) is 0 Å². The fraction of sp³-hybridized carbons (Fsp3) is 0.500. The second-order valence-corrected chi connectivity index (χ2v) is 4.05. The van der Waals surface area contributed by atoms with Crippen molar-refractivity contribution >= 4 is 5.69 Å². The molecule has 1 aromatic rings. The molecular weight excluding hydrogens is 200 g/mol. The zero-order valence-electron chi connectivity index (χ0n) is 9.85. The van der Waals surface area contributed by atoms with Gasteiger partial charge >= 0.3 is 0 Å². The topological polar surface area (TPSA) is 65.9 Å². The van der Waals surface area contributed by atoms with Crippen LogP contribution in [0.1, 0.15) is 26.0 Å². The molecule has 4 heteroatoms. The van der Waals surface area contributed by atoms with Crippen LogP contribution in [0.15, 0.2) is 18.3 Å². The van der Waals surface area contributed by atoms with E-state index in [1.165, 1.54) is 0 Å². The Morgan fingerprint density at radius 1 is 1.56 bits per heavy atom. The van der Waals surface area contributed by atoms with Crippen molar-refractivity contribution in [2.45, 2.75) is 32.9 Å². The van der Waals surface area contributed by atoms with E-state index in [9.17, 15) is 0 Å². The van der Waals surface area contributed by atoms with Gasteiger partial charge in [0.25, 0.3) is 0 Å². The van der Waals surface area contributed by atoms with Gasteiger partial charge < -0.3 is 5.73 Å². The number of pyridine rings is 1. The molecule has 0 atom stereocenters. The van der Waals surface area contributed by atoms with Crippen molar-refractivity contribution in [3.05, 3.63) is 24.0 Å². The molecule has 1 aromatic heterocycles. The SMILES string of the molecule is CC(C)N(CCC#N)Cc1cc(N)ccn1. The first kappa shape index (κ1) is 12.5. The van der Waals surface area contributed by atoms with Gasteiger partial charge in [-0.05, 0) is 26.0 Å². The molecule has 1 rings (SSSR count). The second kappa shape index (κ2) is 6.09. The van der Waals surface area contributed by atoms with Gasteiger partial charge in [-0.15, -0.1) is 0 Å². The third-order valence-electron chi connectivity index (χ3n) is 2.45. The maximum Gasteiger partial charge on any atom is 0.0635 e. The Kier molecular flexibility index (Phi) is 4.74. The van der Waals surface area contributed by atoms with E-state index in [2.05, 4.69) is 29.8 Å². The Hall–Kier alpha value is -1.60. The van der Waals surface area contributed by atoms with Gasteiger partial charge in [0.05, 0.1) is 11.8 Å². The quantitative estimate of drug-likeness (QED) is 0.818. The summed E-state index contributed by atoms with van der Waals surface area (Å²) in [7, 11) is 0. The Morgan fingerprint density at radius 3 is 2.88 bits per heavy atom. The molecule has 0 unspecified atom stereocenters. The van der Waals surface area contributed by atoms with Crippen LogP contribution in [0, 0.1) is 11.3 Å². The van der Waals surface area contributed by atoms with Crippen molar-refractivity contribution in [3.63, 3.8) is 0 Å². The fourth-order valence-electron chi connectivity index (χ4n) is 1.50. The molecule has 0 amide bonds. The number of nitrogen functional groups attached to an aromatic ring is 1. The van der Waals surface area contributed by atoms with Crippen LogP contribution in [0.4, 0.5) is 5.69 Å². The smallest absolute Gasteiger partial charge is 0.0635 e. The predicted molar refractivity (Wildman–Crippen MR) is 64.4 cm³/mol. The summed E-state index contributed by atoms with van der Waals surface area (Å²) in [6, 6.07) is 6.22. The van der Waals surface area contributed by atoms with Crippen LogP contribution >= 0.6 is 0 Å². The molecule has 2 N–H and O–H groups in total. The van der Waals surface area contributed by atoms with Crippen LogP contribution in [0.3, 0.4) is 0 Å². The average Bonchev–Trinajstić information content (AvgIpc) is 2.24. The molecule has 0 fully saturated rings. The lowest BCUT2D eigenvalue weighted by Gasteiger charge is -2.24. The zero-order valence-corrected chi connectivity index (χ0v) is 9.85. The zero-order chi connectivity index (χ0) is 12.0. The molecular formula is C12H18N4. The number of anilines is 1. The minimum absolute atomic E-state index is 0.400. The summed E-state index contributed by atoms with van der Waals surface area (Å²) in [4.78, 5) is 6.48. The summed E-state index contributed by atoms with van der Waals surface area (Å²) >= 11 is 0. The Balaban J connectivity index is 2.64.